The first-order chi connectivity index (χ1) is 16.9. The van der Waals surface area contributed by atoms with Crippen LogP contribution in [0.5, 0.6) is 11.5 Å². The molecule has 4 nitrogen and oxygen atoms in total. The second kappa shape index (κ2) is 10.3. The third kappa shape index (κ3) is 4.95. The Morgan fingerprint density at radius 1 is 0.600 bits per heavy atom. The van der Waals surface area contributed by atoms with Crippen LogP contribution in [0.2, 0.25) is 0 Å². The Labute approximate surface area is 207 Å². The highest BCUT2D eigenvalue weighted by molar-refractivity contribution is 5.75. The van der Waals surface area contributed by atoms with Crippen molar-refractivity contribution in [1.29, 1.82) is 0 Å². The number of aromatic hydroxyl groups is 2. The average Bonchev–Trinajstić information content (AvgIpc) is 2.87. The predicted octanol–water partition coefficient (Wildman–Crippen LogP) is 7.05. The molecule has 0 aliphatic rings. The lowest BCUT2D eigenvalue weighted by molar-refractivity contribution is 0.182. The summed E-state index contributed by atoms with van der Waals surface area (Å²) in [7, 11) is 3.26. The molecule has 0 saturated heterocycles. The fourth-order valence-corrected chi connectivity index (χ4v) is 4.48. The number of phenols is 2. The van der Waals surface area contributed by atoms with Crippen LogP contribution in [0.3, 0.4) is 0 Å². The number of hydrogen-bond acceptors (Lipinski definition) is 4. The molecule has 0 aromatic heterocycles. The summed E-state index contributed by atoms with van der Waals surface area (Å²) in [6, 6.07) is 27.9. The van der Waals surface area contributed by atoms with Crippen molar-refractivity contribution >= 4 is 0 Å². The third-order valence-corrected chi connectivity index (χ3v) is 6.59. The van der Waals surface area contributed by atoms with Crippen LogP contribution in [0, 0.1) is 0 Å². The van der Waals surface area contributed by atoms with Crippen molar-refractivity contribution in [3.63, 3.8) is 0 Å². The van der Waals surface area contributed by atoms with Gasteiger partial charge in [-0.15, -0.1) is 0 Å². The normalized spacial score (nSPS) is 11.5. The van der Waals surface area contributed by atoms with Crippen molar-refractivity contribution < 1.29 is 19.7 Å². The molecule has 180 valence electrons. The molecule has 4 aromatic carbocycles. The number of phenolic OH excluding ortho intramolecular Hbond substituents is 2. The molecule has 0 radical (unpaired) electrons. The van der Waals surface area contributed by atoms with Crippen molar-refractivity contribution in [2.24, 2.45) is 0 Å². The molecule has 0 bridgehead atoms. The van der Waals surface area contributed by atoms with Gasteiger partial charge in [0.15, 0.2) is 0 Å². The summed E-state index contributed by atoms with van der Waals surface area (Å²) in [5.41, 5.74) is 6.51. The van der Waals surface area contributed by atoms with Gasteiger partial charge in [-0.05, 0) is 46.5 Å². The summed E-state index contributed by atoms with van der Waals surface area (Å²) in [6.07, 6.45) is 0. The van der Waals surface area contributed by atoms with Crippen molar-refractivity contribution in [3.05, 3.63) is 107 Å². The summed E-state index contributed by atoms with van der Waals surface area (Å²) in [6.45, 7) is 4.91. The number of hydrogen-bond donors (Lipinski definition) is 2. The summed E-state index contributed by atoms with van der Waals surface area (Å²) >= 11 is 0. The van der Waals surface area contributed by atoms with Gasteiger partial charge in [0.05, 0.1) is 13.2 Å². The zero-order chi connectivity index (χ0) is 25.0. The molecule has 2 N–H and O–H groups in total. The van der Waals surface area contributed by atoms with E-state index in [4.69, 9.17) is 9.47 Å². The maximum atomic E-state index is 11.0. The topological polar surface area (TPSA) is 58.9 Å². The number of ether oxygens (including phenoxy) is 2. The largest absolute Gasteiger partial charge is 0.507 e. The van der Waals surface area contributed by atoms with E-state index in [1.807, 2.05) is 72.8 Å². The number of rotatable bonds is 8. The van der Waals surface area contributed by atoms with Crippen LogP contribution >= 0.6 is 0 Å². The van der Waals surface area contributed by atoms with E-state index >= 15 is 0 Å². The highest BCUT2D eigenvalue weighted by Gasteiger charge is 2.28. The lowest BCUT2D eigenvalue weighted by Crippen LogP contribution is -2.20. The molecule has 0 atom stereocenters. The quantitative estimate of drug-likeness (QED) is 0.291. The van der Waals surface area contributed by atoms with E-state index < -0.39 is 5.41 Å². The molecule has 0 heterocycles. The highest BCUT2D eigenvalue weighted by atomic mass is 16.5. The summed E-state index contributed by atoms with van der Waals surface area (Å²) in [5, 5.41) is 22.1. The molecule has 0 amide bonds. The second-order valence-corrected chi connectivity index (χ2v) is 9.29. The molecule has 0 unspecified atom stereocenters. The van der Waals surface area contributed by atoms with Gasteiger partial charge in [0.25, 0.3) is 0 Å². The standard InChI is InChI=1S/C31H32O4/c1-31(2,25-15-23(19-34-3)29(32)27(17-25)21-11-7-5-8-12-21)26-16-24(20-35-4)30(33)28(18-26)22-13-9-6-10-14-22/h5-18,32-33H,19-20H2,1-4H3. The van der Waals surface area contributed by atoms with E-state index in [-0.39, 0.29) is 11.5 Å². The fourth-order valence-electron chi connectivity index (χ4n) is 4.48. The maximum absolute atomic E-state index is 11.0. The first kappa shape index (κ1) is 24.5. The Morgan fingerprint density at radius 2 is 0.971 bits per heavy atom. The number of methoxy groups -OCH3 is 2. The Bertz CT molecular complexity index is 1190. The van der Waals surface area contributed by atoms with E-state index in [0.717, 1.165) is 44.5 Å². The minimum Gasteiger partial charge on any atom is -0.507 e. The average molecular weight is 469 g/mol. The van der Waals surface area contributed by atoms with Gasteiger partial charge in [-0.1, -0.05) is 74.5 Å². The lowest BCUT2D eigenvalue weighted by Gasteiger charge is -2.29. The minimum atomic E-state index is -0.445. The zero-order valence-electron chi connectivity index (χ0n) is 20.7. The smallest absolute Gasteiger partial charge is 0.128 e. The zero-order valence-corrected chi connectivity index (χ0v) is 20.7. The first-order valence-electron chi connectivity index (χ1n) is 11.7. The molecule has 0 fully saturated rings. The van der Waals surface area contributed by atoms with Crippen LogP contribution in [-0.4, -0.2) is 24.4 Å². The molecular weight excluding hydrogens is 436 g/mol. The fraction of sp³-hybridized carbons (Fsp3) is 0.226. The van der Waals surface area contributed by atoms with Gasteiger partial charge in [-0.3, -0.25) is 0 Å². The molecule has 4 heteroatoms. The van der Waals surface area contributed by atoms with Crippen molar-refractivity contribution in [2.75, 3.05) is 14.2 Å². The van der Waals surface area contributed by atoms with Gasteiger partial charge in [-0.25, -0.2) is 0 Å². The van der Waals surface area contributed by atoms with Crippen LogP contribution in [-0.2, 0) is 28.1 Å². The van der Waals surface area contributed by atoms with Crippen LogP contribution < -0.4 is 0 Å². The summed E-state index contributed by atoms with van der Waals surface area (Å²) in [5.74, 6) is 0.460. The van der Waals surface area contributed by atoms with Crippen LogP contribution in [0.4, 0.5) is 0 Å². The Kier molecular flexibility index (Phi) is 7.25. The predicted molar refractivity (Wildman–Crippen MR) is 141 cm³/mol. The monoisotopic (exact) mass is 468 g/mol. The van der Waals surface area contributed by atoms with E-state index in [9.17, 15) is 10.2 Å². The Morgan fingerprint density at radius 3 is 1.31 bits per heavy atom. The van der Waals surface area contributed by atoms with Gasteiger partial charge in [0.1, 0.15) is 11.5 Å². The lowest BCUT2D eigenvalue weighted by atomic mass is 9.75. The minimum absolute atomic E-state index is 0.230. The van der Waals surface area contributed by atoms with Crippen LogP contribution in [0.25, 0.3) is 22.3 Å². The Balaban J connectivity index is 1.92. The second-order valence-electron chi connectivity index (χ2n) is 9.29. The summed E-state index contributed by atoms with van der Waals surface area (Å²) in [4.78, 5) is 0. The van der Waals surface area contributed by atoms with Gasteiger partial charge >= 0.3 is 0 Å². The van der Waals surface area contributed by atoms with Crippen molar-refractivity contribution in [2.45, 2.75) is 32.5 Å². The van der Waals surface area contributed by atoms with Crippen LogP contribution in [0.15, 0.2) is 84.9 Å². The highest BCUT2D eigenvalue weighted by Crippen LogP contribution is 2.43. The van der Waals surface area contributed by atoms with Crippen molar-refractivity contribution in [1.82, 2.24) is 0 Å². The van der Waals surface area contributed by atoms with Gasteiger partial charge in [0.2, 0.25) is 0 Å². The van der Waals surface area contributed by atoms with E-state index in [1.54, 1.807) is 14.2 Å². The molecular formula is C31H32O4. The molecule has 0 spiro atoms. The van der Waals surface area contributed by atoms with Crippen molar-refractivity contribution in [3.8, 4) is 33.8 Å². The molecule has 4 aromatic rings. The Hall–Kier alpha value is -3.60. The first-order valence-corrected chi connectivity index (χ1v) is 11.7. The van der Waals surface area contributed by atoms with Crippen LogP contribution in [0.1, 0.15) is 36.1 Å². The van der Waals surface area contributed by atoms with Gasteiger partial charge in [0, 0.05) is 41.9 Å². The SMILES string of the molecule is COCc1cc(C(C)(C)c2cc(COC)c(O)c(-c3ccccc3)c2)cc(-c2ccccc2)c1O. The third-order valence-electron chi connectivity index (χ3n) is 6.59. The molecule has 0 aliphatic heterocycles. The summed E-state index contributed by atoms with van der Waals surface area (Å²) < 4.78 is 10.8. The maximum Gasteiger partial charge on any atom is 0.128 e. The molecule has 0 saturated carbocycles. The van der Waals surface area contributed by atoms with Gasteiger partial charge in [-0.2, -0.15) is 0 Å². The van der Waals surface area contributed by atoms with Gasteiger partial charge < -0.3 is 19.7 Å². The van der Waals surface area contributed by atoms with E-state index in [0.29, 0.717) is 13.2 Å². The number of benzene rings is 4. The molecule has 0 aliphatic carbocycles. The van der Waals surface area contributed by atoms with E-state index in [1.165, 1.54) is 0 Å². The molecule has 4 rings (SSSR count). The van der Waals surface area contributed by atoms with E-state index in [2.05, 4.69) is 26.0 Å². The molecule has 35 heavy (non-hydrogen) atoms.